The zero-order valence-corrected chi connectivity index (χ0v) is 20.6. The second-order valence-electron chi connectivity index (χ2n) is 8.28. The number of morpholine rings is 1. The van der Waals surface area contributed by atoms with Crippen molar-refractivity contribution in [2.45, 2.75) is 13.0 Å². The lowest BCUT2D eigenvalue weighted by molar-refractivity contribution is -0.116. The van der Waals surface area contributed by atoms with Crippen molar-refractivity contribution in [2.75, 3.05) is 47.1 Å². The van der Waals surface area contributed by atoms with E-state index in [2.05, 4.69) is 10.2 Å². The van der Waals surface area contributed by atoms with E-state index in [1.807, 2.05) is 54.6 Å². The first kappa shape index (κ1) is 24.6. The largest absolute Gasteiger partial charge is 0.457 e. The number of carbonyl (C=O) groups excluding carboxylic acids is 1. The third kappa shape index (κ3) is 6.32. The zero-order chi connectivity index (χ0) is 24.8. The number of carbonyl (C=O) groups is 1. The van der Waals surface area contributed by atoms with Gasteiger partial charge >= 0.3 is 0 Å². The molecule has 0 spiro atoms. The summed E-state index contributed by atoms with van der Waals surface area (Å²) in [4.78, 5) is 15.2. The number of sulfonamides is 1. The number of anilines is 3. The SMILES string of the molecule is CC(C(=O)Nc1ccc(N2CCOCC2)cc1)N(c1ccc(Oc2ccccc2)cc1)S(C)(=O)=O. The Balaban J connectivity index is 1.45. The number of nitrogens with zero attached hydrogens (tertiary/aromatic N) is 2. The molecule has 1 atom stereocenters. The molecule has 1 N–H and O–H groups in total. The van der Waals surface area contributed by atoms with Gasteiger partial charge in [0.2, 0.25) is 15.9 Å². The van der Waals surface area contributed by atoms with Gasteiger partial charge in [0, 0.05) is 24.5 Å². The van der Waals surface area contributed by atoms with E-state index in [1.165, 1.54) is 0 Å². The normalized spacial score (nSPS) is 14.7. The van der Waals surface area contributed by atoms with Crippen LogP contribution < -0.4 is 19.3 Å². The molecule has 9 heteroatoms. The minimum Gasteiger partial charge on any atom is -0.457 e. The molecule has 1 aliphatic rings. The van der Waals surface area contributed by atoms with Crippen LogP contribution in [0.25, 0.3) is 0 Å². The molecular weight excluding hydrogens is 466 g/mol. The summed E-state index contributed by atoms with van der Waals surface area (Å²) in [6.45, 7) is 4.59. The number of benzene rings is 3. The molecule has 184 valence electrons. The van der Waals surface area contributed by atoms with Crippen molar-refractivity contribution >= 4 is 33.0 Å². The highest BCUT2D eigenvalue weighted by Gasteiger charge is 2.29. The van der Waals surface area contributed by atoms with Crippen LogP contribution in [-0.2, 0) is 19.6 Å². The Labute approximate surface area is 206 Å². The van der Waals surface area contributed by atoms with Crippen LogP contribution in [0.3, 0.4) is 0 Å². The highest BCUT2D eigenvalue weighted by molar-refractivity contribution is 7.92. The molecule has 1 heterocycles. The minimum atomic E-state index is -3.73. The van der Waals surface area contributed by atoms with Gasteiger partial charge in [-0.2, -0.15) is 0 Å². The highest BCUT2D eigenvalue weighted by Crippen LogP contribution is 2.27. The van der Waals surface area contributed by atoms with Gasteiger partial charge in [-0.15, -0.1) is 0 Å². The molecule has 0 bridgehead atoms. The third-order valence-electron chi connectivity index (χ3n) is 5.67. The fraction of sp³-hybridized carbons (Fsp3) is 0.269. The van der Waals surface area contributed by atoms with E-state index in [0.29, 0.717) is 36.1 Å². The Hall–Kier alpha value is -3.56. The molecule has 3 aromatic rings. The first-order chi connectivity index (χ1) is 16.8. The summed E-state index contributed by atoms with van der Waals surface area (Å²) in [5, 5.41) is 2.83. The van der Waals surface area contributed by atoms with Crippen LogP contribution in [0.15, 0.2) is 78.9 Å². The van der Waals surface area contributed by atoms with Gasteiger partial charge in [-0.3, -0.25) is 9.10 Å². The number of hydrogen-bond acceptors (Lipinski definition) is 6. The molecular formula is C26H29N3O5S. The van der Waals surface area contributed by atoms with Gasteiger partial charge in [-0.25, -0.2) is 8.42 Å². The number of ether oxygens (including phenoxy) is 2. The van der Waals surface area contributed by atoms with Crippen LogP contribution in [-0.4, -0.2) is 52.9 Å². The zero-order valence-electron chi connectivity index (χ0n) is 19.8. The van der Waals surface area contributed by atoms with E-state index in [9.17, 15) is 13.2 Å². The molecule has 1 fully saturated rings. The number of para-hydroxylation sites is 1. The Morgan fingerprint density at radius 1 is 0.943 bits per heavy atom. The standard InChI is InChI=1S/C26H29N3O5S/c1-20(26(30)27-21-8-10-22(11-9-21)28-16-18-33-19-17-28)29(35(2,31)32)23-12-14-25(15-13-23)34-24-6-4-3-5-7-24/h3-15,20H,16-19H2,1-2H3,(H,27,30). The fourth-order valence-corrected chi connectivity index (χ4v) is 5.09. The van der Waals surface area contributed by atoms with Crippen molar-refractivity contribution in [3.63, 3.8) is 0 Å². The van der Waals surface area contributed by atoms with Gasteiger partial charge in [0.25, 0.3) is 0 Å². The minimum absolute atomic E-state index is 0.373. The summed E-state index contributed by atoms with van der Waals surface area (Å²) in [5.74, 6) is 0.803. The van der Waals surface area contributed by atoms with E-state index in [0.717, 1.165) is 29.3 Å². The molecule has 0 radical (unpaired) electrons. The van der Waals surface area contributed by atoms with Gasteiger partial charge in [0.1, 0.15) is 17.5 Å². The molecule has 1 amide bonds. The first-order valence-electron chi connectivity index (χ1n) is 11.4. The molecule has 1 saturated heterocycles. The highest BCUT2D eigenvalue weighted by atomic mass is 32.2. The van der Waals surface area contributed by atoms with E-state index in [-0.39, 0.29) is 0 Å². The second-order valence-corrected chi connectivity index (χ2v) is 10.1. The Morgan fingerprint density at radius 3 is 2.14 bits per heavy atom. The van der Waals surface area contributed by atoms with Crippen LogP contribution in [0.4, 0.5) is 17.1 Å². The van der Waals surface area contributed by atoms with Gasteiger partial charge < -0.3 is 19.7 Å². The smallest absolute Gasteiger partial charge is 0.247 e. The summed E-state index contributed by atoms with van der Waals surface area (Å²) < 4.78 is 37.5. The Bertz CT molecular complexity index is 1230. The average molecular weight is 496 g/mol. The van der Waals surface area contributed by atoms with Crippen molar-refractivity contribution in [3.05, 3.63) is 78.9 Å². The average Bonchev–Trinajstić information content (AvgIpc) is 2.86. The van der Waals surface area contributed by atoms with Crippen molar-refractivity contribution in [1.29, 1.82) is 0 Å². The summed E-state index contributed by atoms with van der Waals surface area (Å²) in [7, 11) is -3.73. The lowest BCUT2D eigenvalue weighted by Gasteiger charge is -2.29. The van der Waals surface area contributed by atoms with Crippen molar-refractivity contribution in [1.82, 2.24) is 0 Å². The molecule has 0 saturated carbocycles. The molecule has 8 nitrogen and oxygen atoms in total. The molecule has 1 unspecified atom stereocenters. The van der Waals surface area contributed by atoms with Gasteiger partial charge in [-0.1, -0.05) is 18.2 Å². The summed E-state index contributed by atoms with van der Waals surface area (Å²) >= 11 is 0. The maximum absolute atomic E-state index is 13.0. The molecule has 3 aromatic carbocycles. The van der Waals surface area contributed by atoms with E-state index in [4.69, 9.17) is 9.47 Å². The van der Waals surface area contributed by atoms with E-state index >= 15 is 0 Å². The van der Waals surface area contributed by atoms with Crippen LogP contribution in [0.1, 0.15) is 6.92 Å². The molecule has 35 heavy (non-hydrogen) atoms. The van der Waals surface area contributed by atoms with Crippen molar-refractivity contribution in [2.24, 2.45) is 0 Å². The number of nitrogens with one attached hydrogen (secondary N) is 1. The lowest BCUT2D eigenvalue weighted by atomic mass is 10.2. The number of rotatable bonds is 8. The van der Waals surface area contributed by atoms with Gasteiger partial charge in [0.15, 0.2) is 0 Å². The molecule has 0 aromatic heterocycles. The van der Waals surface area contributed by atoms with Crippen LogP contribution in [0, 0.1) is 0 Å². The Morgan fingerprint density at radius 2 is 1.54 bits per heavy atom. The monoisotopic (exact) mass is 495 g/mol. The number of hydrogen-bond donors (Lipinski definition) is 1. The lowest BCUT2D eigenvalue weighted by Crippen LogP contribution is -2.45. The first-order valence-corrected chi connectivity index (χ1v) is 13.2. The van der Waals surface area contributed by atoms with E-state index < -0.39 is 22.0 Å². The predicted molar refractivity (Wildman–Crippen MR) is 138 cm³/mol. The maximum Gasteiger partial charge on any atom is 0.247 e. The van der Waals surface area contributed by atoms with Gasteiger partial charge in [0.05, 0.1) is 25.2 Å². The van der Waals surface area contributed by atoms with Crippen molar-refractivity contribution in [3.8, 4) is 11.5 Å². The maximum atomic E-state index is 13.0. The quantitative estimate of drug-likeness (QED) is 0.506. The summed E-state index contributed by atoms with van der Waals surface area (Å²) in [6.07, 6.45) is 1.09. The second kappa shape index (κ2) is 10.8. The van der Waals surface area contributed by atoms with Gasteiger partial charge in [-0.05, 0) is 67.6 Å². The van der Waals surface area contributed by atoms with Crippen LogP contribution >= 0.6 is 0 Å². The van der Waals surface area contributed by atoms with Crippen LogP contribution in [0.5, 0.6) is 11.5 Å². The Kier molecular flexibility index (Phi) is 7.57. The number of amides is 1. The molecule has 4 rings (SSSR count). The molecule has 0 aliphatic carbocycles. The fourth-order valence-electron chi connectivity index (χ4n) is 3.92. The van der Waals surface area contributed by atoms with Crippen molar-refractivity contribution < 1.29 is 22.7 Å². The topological polar surface area (TPSA) is 88.2 Å². The predicted octanol–water partition coefficient (Wildman–Crippen LogP) is 4.11. The third-order valence-corrected chi connectivity index (χ3v) is 6.91. The molecule has 1 aliphatic heterocycles. The van der Waals surface area contributed by atoms with Crippen LogP contribution in [0.2, 0.25) is 0 Å². The summed E-state index contributed by atoms with van der Waals surface area (Å²) in [5.41, 5.74) is 2.02. The van der Waals surface area contributed by atoms with E-state index in [1.54, 1.807) is 31.2 Å². The summed E-state index contributed by atoms with van der Waals surface area (Å²) in [6, 6.07) is 22.4.